The van der Waals surface area contributed by atoms with E-state index in [9.17, 15) is 0 Å². The molecule has 0 amide bonds. The van der Waals surface area contributed by atoms with Gasteiger partial charge >= 0.3 is 0 Å². The van der Waals surface area contributed by atoms with Crippen LogP contribution in [0.2, 0.25) is 0 Å². The molecule has 1 nitrogen and oxygen atoms in total. The van der Waals surface area contributed by atoms with Crippen LogP contribution in [-0.2, 0) is 0 Å². The standard InChI is InChI=1S/C13H19N/c1-10-8-13(10)14-9-11(2)12-6-4-3-5-7-12/h3-7,10-11,13-14H,8-9H2,1-2H3. The lowest BCUT2D eigenvalue weighted by Gasteiger charge is -2.12. The largest absolute Gasteiger partial charge is 0.313 e. The third-order valence-electron chi connectivity index (χ3n) is 3.16. The molecule has 76 valence electrons. The van der Waals surface area contributed by atoms with E-state index in [2.05, 4.69) is 49.5 Å². The summed E-state index contributed by atoms with van der Waals surface area (Å²) in [5.74, 6) is 1.53. The molecule has 0 heterocycles. The Bertz CT molecular complexity index is 281. The molecule has 3 unspecified atom stereocenters. The molecule has 2 rings (SSSR count). The van der Waals surface area contributed by atoms with E-state index in [1.54, 1.807) is 0 Å². The first-order chi connectivity index (χ1) is 6.77. The van der Waals surface area contributed by atoms with E-state index >= 15 is 0 Å². The van der Waals surface area contributed by atoms with Gasteiger partial charge < -0.3 is 5.32 Å². The van der Waals surface area contributed by atoms with Crippen molar-refractivity contribution in [3.05, 3.63) is 35.9 Å². The van der Waals surface area contributed by atoms with Crippen LogP contribution in [0.25, 0.3) is 0 Å². The molecule has 3 atom stereocenters. The molecule has 1 aliphatic carbocycles. The minimum Gasteiger partial charge on any atom is -0.313 e. The van der Waals surface area contributed by atoms with E-state index in [4.69, 9.17) is 0 Å². The van der Waals surface area contributed by atoms with Gasteiger partial charge in [0.25, 0.3) is 0 Å². The maximum Gasteiger partial charge on any atom is 0.00966 e. The highest BCUT2D eigenvalue weighted by Gasteiger charge is 2.31. The average Bonchev–Trinajstić information content (AvgIpc) is 2.92. The summed E-state index contributed by atoms with van der Waals surface area (Å²) in [6.07, 6.45) is 1.36. The van der Waals surface area contributed by atoms with Gasteiger partial charge in [0.1, 0.15) is 0 Å². The van der Waals surface area contributed by atoms with Crippen LogP contribution in [0.3, 0.4) is 0 Å². The van der Waals surface area contributed by atoms with E-state index in [1.807, 2.05) is 0 Å². The fourth-order valence-corrected chi connectivity index (χ4v) is 1.83. The Kier molecular flexibility index (Phi) is 2.87. The monoisotopic (exact) mass is 189 g/mol. The minimum absolute atomic E-state index is 0.629. The predicted octanol–water partition coefficient (Wildman–Crippen LogP) is 2.79. The molecule has 1 aromatic carbocycles. The molecule has 1 saturated carbocycles. The van der Waals surface area contributed by atoms with Crippen molar-refractivity contribution >= 4 is 0 Å². The number of rotatable bonds is 4. The normalized spacial score (nSPS) is 27.3. The van der Waals surface area contributed by atoms with Crippen LogP contribution in [0.15, 0.2) is 30.3 Å². The van der Waals surface area contributed by atoms with Crippen molar-refractivity contribution in [1.82, 2.24) is 5.32 Å². The summed E-state index contributed by atoms with van der Waals surface area (Å²) in [5.41, 5.74) is 1.44. The first-order valence-corrected chi connectivity index (χ1v) is 5.55. The van der Waals surface area contributed by atoms with Crippen molar-refractivity contribution < 1.29 is 0 Å². The molecule has 1 N–H and O–H groups in total. The van der Waals surface area contributed by atoms with Crippen LogP contribution < -0.4 is 5.32 Å². The van der Waals surface area contributed by atoms with Crippen molar-refractivity contribution in [2.45, 2.75) is 32.2 Å². The van der Waals surface area contributed by atoms with Gasteiger partial charge in [-0.15, -0.1) is 0 Å². The zero-order valence-corrected chi connectivity index (χ0v) is 9.03. The Balaban J connectivity index is 1.81. The Hall–Kier alpha value is -0.820. The lowest BCUT2D eigenvalue weighted by atomic mass is 10.0. The van der Waals surface area contributed by atoms with Gasteiger partial charge in [0.05, 0.1) is 0 Å². The quantitative estimate of drug-likeness (QED) is 0.768. The maximum atomic E-state index is 3.60. The van der Waals surface area contributed by atoms with Crippen LogP contribution in [0, 0.1) is 5.92 Å². The summed E-state index contributed by atoms with van der Waals surface area (Å²) in [7, 11) is 0. The van der Waals surface area contributed by atoms with Gasteiger partial charge in [-0.3, -0.25) is 0 Å². The van der Waals surface area contributed by atoms with E-state index in [0.717, 1.165) is 18.5 Å². The lowest BCUT2D eigenvalue weighted by Crippen LogP contribution is -2.23. The van der Waals surface area contributed by atoms with E-state index < -0.39 is 0 Å². The Morgan fingerprint density at radius 1 is 1.36 bits per heavy atom. The smallest absolute Gasteiger partial charge is 0.00966 e. The third-order valence-corrected chi connectivity index (χ3v) is 3.16. The Labute approximate surface area is 86.5 Å². The summed E-state index contributed by atoms with van der Waals surface area (Å²) in [5, 5.41) is 3.60. The van der Waals surface area contributed by atoms with E-state index in [1.165, 1.54) is 12.0 Å². The second-order valence-electron chi connectivity index (χ2n) is 4.54. The Morgan fingerprint density at radius 3 is 2.57 bits per heavy atom. The fraction of sp³-hybridized carbons (Fsp3) is 0.538. The fourth-order valence-electron chi connectivity index (χ4n) is 1.83. The van der Waals surface area contributed by atoms with Crippen molar-refractivity contribution in [3.8, 4) is 0 Å². The second-order valence-corrected chi connectivity index (χ2v) is 4.54. The molecular formula is C13H19N. The average molecular weight is 189 g/mol. The summed E-state index contributed by atoms with van der Waals surface area (Å²) >= 11 is 0. The molecule has 0 bridgehead atoms. The van der Waals surface area contributed by atoms with Crippen molar-refractivity contribution in [3.63, 3.8) is 0 Å². The highest BCUT2D eigenvalue weighted by molar-refractivity contribution is 5.19. The molecule has 1 fully saturated rings. The SMILES string of the molecule is CC(CNC1CC1C)c1ccccc1. The summed E-state index contributed by atoms with van der Waals surface area (Å²) in [4.78, 5) is 0. The zero-order valence-electron chi connectivity index (χ0n) is 9.03. The highest BCUT2D eigenvalue weighted by atomic mass is 15.0. The lowest BCUT2D eigenvalue weighted by molar-refractivity contribution is 0.593. The molecule has 0 radical (unpaired) electrons. The number of benzene rings is 1. The molecule has 0 aliphatic heterocycles. The van der Waals surface area contributed by atoms with Crippen LogP contribution in [0.4, 0.5) is 0 Å². The molecular weight excluding hydrogens is 170 g/mol. The van der Waals surface area contributed by atoms with E-state index in [0.29, 0.717) is 5.92 Å². The molecule has 14 heavy (non-hydrogen) atoms. The zero-order chi connectivity index (χ0) is 9.97. The van der Waals surface area contributed by atoms with Gasteiger partial charge in [-0.1, -0.05) is 44.2 Å². The van der Waals surface area contributed by atoms with Crippen molar-refractivity contribution in [2.24, 2.45) is 5.92 Å². The molecule has 1 heteroatoms. The molecule has 0 aromatic heterocycles. The molecule has 0 saturated heterocycles. The molecule has 1 aliphatic rings. The van der Waals surface area contributed by atoms with Gasteiger partial charge in [0.15, 0.2) is 0 Å². The van der Waals surface area contributed by atoms with Gasteiger partial charge in [-0.25, -0.2) is 0 Å². The Morgan fingerprint density at radius 2 is 2.00 bits per heavy atom. The number of nitrogens with one attached hydrogen (secondary N) is 1. The second kappa shape index (κ2) is 4.14. The van der Waals surface area contributed by atoms with Crippen LogP contribution in [0.1, 0.15) is 31.7 Å². The number of hydrogen-bond donors (Lipinski definition) is 1. The van der Waals surface area contributed by atoms with Gasteiger partial charge in [0.2, 0.25) is 0 Å². The topological polar surface area (TPSA) is 12.0 Å². The van der Waals surface area contributed by atoms with Gasteiger partial charge in [0, 0.05) is 12.6 Å². The number of hydrogen-bond acceptors (Lipinski definition) is 1. The molecule has 1 aromatic rings. The summed E-state index contributed by atoms with van der Waals surface area (Å²) in [6, 6.07) is 11.5. The third kappa shape index (κ3) is 2.36. The highest BCUT2D eigenvalue weighted by Crippen LogP contribution is 2.29. The maximum absolute atomic E-state index is 3.60. The van der Waals surface area contributed by atoms with Gasteiger partial charge in [-0.05, 0) is 23.8 Å². The van der Waals surface area contributed by atoms with Crippen molar-refractivity contribution in [2.75, 3.05) is 6.54 Å². The van der Waals surface area contributed by atoms with E-state index in [-0.39, 0.29) is 0 Å². The van der Waals surface area contributed by atoms with Crippen LogP contribution in [0.5, 0.6) is 0 Å². The first kappa shape index (κ1) is 9.72. The first-order valence-electron chi connectivity index (χ1n) is 5.55. The minimum atomic E-state index is 0.629. The predicted molar refractivity (Wildman–Crippen MR) is 60.4 cm³/mol. The molecule has 0 spiro atoms. The van der Waals surface area contributed by atoms with Gasteiger partial charge in [-0.2, -0.15) is 0 Å². The van der Waals surface area contributed by atoms with Crippen molar-refractivity contribution in [1.29, 1.82) is 0 Å². The summed E-state index contributed by atoms with van der Waals surface area (Å²) < 4.78 is 0. The van der Waals surface area contributed by atoms with Crippen LogP contribution in [-0.4, -0.2) is 12.6 Å². The summed E-state index contributed by atoms with van der Waals surface area (Å²) in [6.45, 7) is 5.71. The van der Waals surface area contributed by atoms with Crippen LogP contribution >= 0.6 is 0 Å².